The summed E-state index contributed by atoms with van der Waals surface area (Å²) in [5.41, 5.74) is 0. The largest absolute Gasteiger partial charge is 0.462 e. The molecule has 0 radical (unpaired) electrons. The van der Waals surface area contributed by atoms with Crippen LogP contribution in [0, 0.1) is 0 Å². The molecule has 0 rings (SSSR count). The molecule has 75 heavy (non-hydrogen) atoms. The van der Waals surface area contributed by atoms with Crippen molar-refractivity contribution in [3.05, 3.63) is 97.2 Å². The van der Waals surface area contributed by atoms with Gasteiger partial charge in [0.2, 0.25) is 0 Å². The summed E-state index contributed by atoms with van der Waals surface area (Å²) in [4.78, 5) is 38.2. The van der Waals surface area contributed by atoms with Gasteiger partial charge in [-0.05, 0) is 96.3 Å². The third-order valence-electron chi connectivity index (χ3n) is 13.6. The normalized spacial score (nSPS) is 12.7. The van der Waals surface area contributed by atoms with E-state index >= 15 is 0 Å². The molecular formula is C69H118O6. The summed E-state index contributed by atoms with van der Waals surface area (Å²) in [6.45, 7) is 6.41. The molecule has 6 nitrogen and oxygen atoms in total. The van der Waals surface area contributed by atoms with E-state index < -0.39 is 6.10 Å². The highest BCUT2D eigenvalue weighted by Gasteiger charge is 2.19. The molecule has 0 saturated carbocycles. The molecule has 0 aromatic heterocycles. The molecule has 0 bridgehead atoms. The lowest BCUT2D eigenvalue weighted by Crippen LogP contribution is -2.30. The predicted molar refractivity (Wildman–Crippen MR) is 325 cm³/mol. The Kier molecular flexibility index (Phi) is 59.8. The van der Waals surface area contributed by atoms with Gasteiger partial charge in [0.05, 0.1) is 0 Å². The lowest BCUT2D eigenvalue weighted by Gasteiger charge is -2.18. The van der Waals surface area contributed by atoms with E-state index in [2.05, 4.69) is 118 Å². The van der Waals surface area contributed by atoms with Crippen molar-refractivity contribution in [3.8, 4) is 0 Å². The molecule has 0 spiro atoms. The number of carbonyl (C=O) groups excluding carboxylic acids is 3. The first-order valence-corrected chi connectivity index (χ1v) is 31.7. The van der Waals surface area contributed by atoms with Crippen LogP contribution in [0.1, 0.15) is 303 Å². The monoisotopic (exact) mass is 1040 g/mol. The van der Waals surface area contributed by atoms with E-state index in [9.17, 15) is 14.4 Å². The number of esters is 3. The van der Waals surface area contributed by atoms with Crippen LogP contribution in [-0.2, 0) is 28.6 Å². The minimum Gasteiger partial charge on any atom is -0.462 e. The molecule has 6 heteroatoms. The smallest absolute Gasteiger partial charge is 0.306 e. The standard InChI is InChI=1S/C69H118O6/c1-4-7-10-13-16-19-22-25-26-27-28-29-30-31-32-33-34-35-36-37-38-39-40-41-42-45-47-50-53-56-59-62-68(71)74-65-66(75-69(72)63-60-57-54-51-48-44-24-21-18-15-12-9-6-3)64-73-67(70)61-58-55-52-49-46-43-23-20-17-14-11-8-5-2/h7,9-10,12,16,18-19,21,25-26,28-29,31-32,44,48,66H,4-6,8,11,13-15,17,20,22-24,27,30,33-43,45-47,49-65H2,1-3H3/b10-7-,12-9-,19-16-,21-18-,26-25-,29-28-,32-31-,48-44-. The van der Waals surface area contributed by atoms with E-state index in [-0.39, 0.29) is 31.1 Å². The highest BCUT2D eigenvalue weighted by Crippen LogP contribution is 2.17. The third kappa shape index (κ3) is 61.1. The summed E-state index contributed by atoms with van der Waals surface area (Å²) >= 11 is 0. The summed E-state index contributed by atoms with van der Waals surface area (Å²) in [6.07, 6.45) is 84.3. The molecule has 0 aromatic rings. The minimum atomic E-state index is -0.790. The van der Waals surface area contributed by atoms with Gasteiger partial charge in [-0.15, -0.1) is 0 Å². The van der Waals surface area contributed by atoms with E-state index in [1.54, 1.807) is 0 Å². The van der Waals surface area contributed by atoms with Crippen LogP contribution in [-0.4, -0.2) is 37.2 Å². The fourth-order valence-electron chi connectivity index (χ4n) is 8.90. The summed E-state index contributed by atoms with van der Waals surface area (Å²) in [5, 5.41) is 0. The average molecular weight is 1040 g/mol. The lowest BCUT2D eigenvalue weighted by molar-refractivity contribution is -0.167. The Balaban J connectivity index is 4.17. The fourth-order valence-corrected chi connectivity index (χ4v) is 8.90. The number of hydrogen-bond acceptors (Lipinski definition) is 6. The maximum atomic E-state index is 12.8. The molecule has 430 valence electrons. The second-order valence-corrected chi connectivity index (χ2v) is 20.9. The minimum absolute atomic E-state index is 0.0854. The van der Waals surface area contributed by atoms with E-state index in [4.69, 9.17) is 14.2 Å². The first-order chi connectivity index (χ1) is 37.0. The van der Waals surface area contributed by atoms with Crippen molar-refractivity contribution in [3.63, 3.8) is 0 Å². The molecular weight excluding hydrogens is 925 g/mol. The van der Waals surface area contributed by atoms with Crippen molar-refractivity contribution in [2.24, 2.45) is 0 Å². The highest BCUT2D eigenvalue weighted by molar-refractivity contribution is 5.71. The Morgan fingerprint density at radius 2 is 0.520 bits per heavy atom. The molecule has 0 N–H and O–H groups in total. The molecule has 1 atom stereocenters. The zero-order valence-electron chi connectivity index (χ0n) is 49.3. The Hall–Kier alpha value is -3.67. The van der Waals surface area contributed by atoms with Gasteiger partial charge in [0.15, 0.2) is 6.10 Å². The molecule has 0 saturated heterocycles. The zero-order chi connectivity index (χ0) is 54.3. The number of carbonyl (C=O) groups is 3. The molecule has 0 aromatic carbocycles. The van der Waals surface area contributed by atoms with Crippen molar-refractivity contribution < 1.29 is 28.6 Å². The van der Waals surface area contributed by atoms with Crippen molar-refractivity contribution in [1.29, 1.82) is 0 Å². The number of rotatable bonds is 57. The van der Waals surface area contributed by atoms with Gasteiger partial charge in [0.25, 0.3) is 0 Å². The maximum absolute atomic E-state index is 12.8. The Labute approximate surface area is 464 Å². The van der Waals surface area contributed by atoms with E-state index in [0.717, 1.165) is 116 Å². The van der Waals surface area contributed by atoms with Crippen LogP contribution in [0.25, 0.3) is 0 Å². The molecule has 0 amide bonds. The van der Waals surface area contributed by atoms with Crippen LogP contribution in [0.5, 0.6) is 0 Å². The van der Waals surface area contributed by atoms with Crippen LogP contribution in [0.2, 0.25) is 0 Å². The first-order valence-electron chi connectivity index (χ1n) is 31.7. The van der Waals surface area contributed by atoms with E-state index in [0.29, 0.717) is 19.3 Å². The quantitative estimate of drug-likeness (QED) is 0.0261. The van der Waals surface area contributed by atoms with Crippen molar-refractivity contribution in [1.82, 2.24) is 0 Å². The van der Waals surface area contributed by atoms with E-state index in [1.807, 2.05) is 0 Å². The summed E-state index contributed by atoms with van der Waals surface area (Å²) in [7, 11) is 0. The lowest BCUT2D eigenvalue weighted by atomic mass is 10.0. The average Bonchev–Trinajstić information content (AvgIpc) is 3.41. The number of allylic oxidation sites excluding steroid dienone is 16. The third-order valence-corrected chi connectivity index (χ3v) is 13.6. The maximum Gasteiger partial charge on any atom is 0.306 e. The molecule has 0 aliphatic rings. The van der Waals surface area contributed by atoms with Crippen LogP contribution in [0.3, 0.4) is 0 Å². The second kappa shape index (κ2) is 62.9. The SMILES string of the molecule is CC/C=C\C/C=C\C/C=C\C/C=C\C/C=C\CCCCCCCCCCCCCCCCCC(=O)OCC(COC(=O)CCCCCCCCCCCCCCC)OC(=O)CCCCC/C=C\C/C=C\C/C=C\CC. The predicted octanol–water partition coefficient (Wildman–Crippen LogP) is 21.7. The van der Waals surface area contributed by atoms with Crippen molar-refractivity contribution in [2.45, 2.75) is 309 Å². The topological polar surface area (TPSA) is 78.9 Å². The fraction of sp³-hybridized carbons (Fsp3) is 0.725. The Morgan fingerprint density at radius 1 is 0.280 bits per heavy atom. The summed E-state index contributed by atoms with van der Waals surface area (Å²) in [5.74, 6) is -0.906. The molecule has 0 fully saturated rings. The number of hydrogen-bond donors (Lipinski definition) is 0. The molecule has 0 heterocycles. The van der Waals surface area contributed by atoms with Crippen LogP contribution >= 0.6 is 0 Å². The van der Waals surface area contributed by atoms with Crippen LogP contribution < -0.4 is 0 Å². The Morgan fingerprint density at radius 3 is 0.827 bits per heavy atom. The van der Waals surface area contributed by atoms with Gasteiger partial charge in [0.1, 0.15) is 13.2 Å². The molecule has 1 unspecified atom stereocenters. The van der Waals surface area contributed by atoms with Crippen LogP contribution in [0.4, 0.5) is 0 Å². The van der Waals surface area contributed by atoms with Gasteiger partial charge < -0.3 is 14.2 Å². The van der Waals surface area contributed by atoms with Crippen molar-refractivity contribution in [2.75, 3.05) is 13.2 Å². The molecule has 0 aliphatic heterocycles. The first kappa shape index (κ1) is 71.3. The number of unbranched alkanes of at least 4 members (excludes halogenated alkanes) is 30. The van der Waals surface area contributed by atoms with Gasteiger partial charge in [-0.3, -0.25) is 14.4 Å². The molecule has 0 aliphatic carbocycles. The number of ether oxygens (including phenoxy) is 3. The highest BCUT2D eigenvalue weighted by atomic mass is 16.6. The van der Waals surface area contributed by atoms with Crippen molar-refractivity contribution >= 4 is 17.9 Å². The zero-order valence-corrected chi connectivity index (χ0v) is 49.3. The van der Waals surface area contributed by atoms with E-state index in [1.165, 1.54) is 148 Å². The summed E-state index contributed by atoms with van der Waals surface area (Å²) < 4.78 is 16.9. The van der Waals surface area contributed by atoms with Crippen LogP contribution in [0.15, 0.2) is 97.2 Å². The van der Waals surface area contributed by atoms with Gasteiger partial charge in [0, 0.05) is 19.3 Å². The van der Waals surface area contributed by atoms with Gasteiger partial charge >= 0.3 is 17.9 Å². The van der Waals surface area contributed by atoms with Gasteiger partial charge in [-0.1, -0.05) is 285 Å². The Bertz CT molecular complexity index is 1480. The summed E-state index contributed by atoms with van der Waals surface area (Å²) in [6, 6.07) is 0. The van der Waals surface area contributed by atoms with Gasteiger partial charge in [-0.2, -0.15) is 0 Å². The van der Waals surface area contributed by atoms with Gasteiger partial charge in [-0.25, -0.2) is 0 Å². The second-order valence-electron chi connectivity index (χ2n) is 20.9.